The van der Waals surface area contributed by atoms with Crippen molar-refractivity contribution in [2.24, 2.45) is 0 Å². The fraction of sp³-hybridized carbons (Fsp3) is 0.217. The van der Waals surface area contributed by atoms with Gasteiger partial charge in [-0.15, -0.1) is 0 Å². The van der Waals surface area contributed by atoms with Crippen LogP contribution >= 0.6 is 0 Å². The van der Waals surface area contributed by atoms with Crippen LogP contribution in [-0.2, 0) is 10.0 Å². The molecule has 0 radical (unpaired) electrons. The molecule has 8 heteroatoms. The van der Waals surface area contributed by atoms with E-state index in [1.165, 1.54) is 0 Å². The van der Waals surface area contributed by atoms with Crippen molar-refractivity contribution < 1.29 is 18.0 Å². The maximum absolute atomic E-state index is 13.1. The predicted molar refractivity (Wildman–Crippen MR) is 121 cm³/mol. The Bertz CT molecular complexity index is 1230. The average molecular weight is 438 g/mol. The van der Waals surface area contributed by atoms with E-state index < -0.39 is 10.0 Å². The van der Waals surface area contributed by atoms with E-state index >= 15 is 0 Å². The second kappa shape index (κ2) is 8.39. The molecule has 1 heterocycles. The van der Waals surface area contributed by atoms with Crippen molar-refractivity contribution in [2.75, 3.05) is 37.2 Å². The van der Waals surface area contributed by atoms with Gasteiger partial charge in [0.1, 0.15) is 0 Å². The van der Waals surface area contributed by atoms with Gasteiger partial charge in [-0.25, -0.2) is 8.42 Å². The summed E-state index contributed by atoms with van der Waals surface area (Å²) in [4.78, 5) is 29.4. The van der Waals surface area contributed by atoms with Crippen LogP contribution < -0.4 is 4.72 Å². The van der Waals surface area contributed by atoms with Crippen molar-refractivity contribution in [1.82, 2.24) is 9.80 Å². The van der Waals surface area contributed by atoms with Crippen LogP contribution in [0.25, 0.3) is 10.8 Å². The van der Waals surface area contributed by atoms with E-state index in [1.807, 2.05) is 42.5 Å². The maximum atomic E-state index is 13.1. The lowest BCUT2D eigenvalue weighted by Gasteiger charge is -2.35. The number of nitrogens with one attached hydrogen (secondary N) is 1. The maximum Gasteiger partial charge on any atom is 0.254 e. The van der Waals surface area contributed by atoms with Crippen LogP contribution in [0.3, 0.4) is 0 Å². The molecular weight excluding hydrogens is 414 g/mol. The summed E-state index contributed by atoms with van der Waals surface area (Å²) in [6.45, 7) is 1.81. The van der Waals surface area contributed by atoms with E-state index in [4.69, 9.17) is 0 Å². The Balaban J connectivity index is 1.41. The highest BCUT2D eigenvalue weighted by molar-refractivity contribution is 7.92. The molecule has 1 fully saturated rings. The number of amides is 2. The number of hydrogen-bond donors (Lipinski definition) is 1. The summed E-state index contributed by atoms with van der Waals surface area (Å²) in [6.07, 6.45) is 1.07. The Labute approximate surface area is 181 Å². The molecule has 4 rings (SSSR count). The highest BCUT2D eigenvalue weighted by Crippen LogP contribution is 2.21. The molecule has 0 aliphatic carbocycles. The van der Waals surface area contributed by atoms with Crippen molar-refractivity contribution in [3.63, 3.8) is 0 Å². The lowest BCUT2D eigenvalue weighted by Crippen LogP contribution is -2.50. The molecule has 1 aliphatic rings. The molecule has 160 valence electrons. The zero-order valence-electron chi connectivity index (χ0n) is 17.1. The fourth-order valence-electron chi connectivity index (χ4n) is 3.77. The van der Waals surface area contributed by atoms with Gasteiger partial charge in [0.25, 0.3) is 11.8 Å². The first-order valence-electron chi connectivity index (χ1n) is 9.96. The molecule has 31 heavy (non-hydrogen) atoms. The fourth-order valence-corrected chi connectivity index (χ4v) is 4.34. The first kappa shape index (κ1) is 20.9. The third-order valence-corrected chi connectivity index (χ3v) is 5.92. The Morgan fingerprint density at radius 2 is 1.35 bits per heavy atom. The first-order valence-corrected chi connectivity index (χ1v) is 11.9. The number of piperazine rings is 1. The van der Waals surface area contributed by atoms with Gasteiger partial charge in [-0.3, -0.25) is 14.3 Å². The summed E-state index contributed by atoms with van der Waals surface area (Å²) in [7, 11) is -3.36. The van der Waals surface area contributed by atoms with Crippen LogP contribution in [0.5, 0.6) is 0 Å². The zero-order chi connectivity index (χ0) is 22.0. The third kappa shape index (κ3) is 4.69. The summed E-state index contributed by atoms with van der Waals surface area (Å²) < 4.78 is 25.0. The monoisotopic (exact) mass is 437 g/mol. The van der Waals surface area contributed by atoms with Crippen molar-refractivity contribution in [3.8, 4) is 0 Å². The van der Waals surface area contributed by atoms with Gasteiger partial charge in [-0.05, 0) is 41.1 Å². The van der Waals surface area contributed by atoms with Crippen LogP contribution in [0.4, 0.5) is 5.69 Å². The van der Waals surface area contributed by atoms with E-state index in [0.717, 1.165) is 17.0 Å². The number of nitrogens with zero attached hydrogens (tertiary/aromatic N) is 2. The normalized spacial score (nSPS) is 14.5. The van der Waals surface area contributed by atoms with E-state index in [1.54, 1.807) is 34.1 Å². The largest absolute Gasteiger partial charge is 0.335 e. The molecule has 1 saturated heterocycles. The van der Waals surface area contributed by atoms with Gasteiger partial charge in [0.05, 0.1) is 6.26 Å². The van der Waals surface area contributed by atoms with Crippen LogP contribution in [0.15, 0.2) is 66.7 Å². The van der Waals surface area contributed by atoms with Crippen LogP contribution in [0, 0.1) is 0 Å². The van der Waals surface area contributed by atoms with Crippen LogP contribution in [0.2, 0.25) is 0 Å². The number of rotatable bonds is 4. The molecule has 0 unspecified atom stereocenters. The van der Waals surface area contributed by atoms with Gasteiger partial charge in [0, 0.05) is 43.0 Å². The molecular formula is C23H23N3O4S. The van der Waals surface area contributed by atoms with E-state index in [9.17, 15) is 18.0 Å². The van der Waals surface area contributed by atoms with Gasteiger partial charge in [0.2, 0.25) is 10.0 Å². The second-order valence-corrected chi connectivity index (χ2v) is 9.31. The highest BCUT2D eigenvalue weighted by atomic mass is 32.2. The van der Waals surface area contributed by atoms with Crippen molar-refractivity contribution in [3.05, 3.63) is 77.9 Å². The summed E-state index contributed by atoms with van der Waals surface area (Å²) in [6, 6.07) is 19.8. The van der Waals surface area contributed by atoms with Gasteiger partial charge in [0.15, 0.2) is 0 Å². The van der Waals surface area contributed by atoms with Crippen LogP contribution in [-0.4, -0.2) is 62.5 Å². The molecule has 0 aromatic heterocycles. The minimum Gasteiger partial charge on any atom is -0.335 e. The van der Waals surface area contributed by atoms with Crippen molar-refractivity contribution in [2.45, 2.75) is 0 Å². The Hall–Kier alpha value is -3.39. The number of anilines is 1. The molecule has 3 aromatic rings. The standard InChI is InChI=1S/C23H23N3O4S/c1-31(29,30)24-19-11-9-18(10-12-19)22(27)25-13-15-26(16-14-25)23(28)21-8-4-6-17-5-2-3-7-20(17)21/h2-12,24H,13-16H2,1H3. The first-order chi connectivity index (χ1) is 14.8. The SMILES string of the molecule is CS(=O)(=O)Nc1ccc(C(=O)N2CCN(C(=O)c3cccc4ccccc34)CC2)cc1. The lowest BCUT2D eigenvalue weighted by molar-refractivity contribution is 0.0536. The topological polar surface area (TPSA) is 86.8 Å². The Morgan fingerprint density at radius 1 is 0.774 bits per heavy atom. The molecule has 0 saturated carbocycles. The number of benzene rings is 3. The van der Waals surface area contributed by atoms with Gasteiger partial charge >= 0.3 is 0 Å². The van der Waals surface area contributed by atoms with Crippen LogP contribution in [0.1, 0.15) is 20.7 Å². The van der Waals surface area contributed by atoms with Crippen molar-refractivity contribution >= 4 is 38.3 Å². The molecule has 1 N–H and O–H groups in total. The quantitative estimate of drug-likeness (QED) is 0.680. The summed E-state index contributed by atoms with van der Waals surface area (Å²) >= 11 is 0. The van der Waals surface area contributed by atoms with E-state index in [-0.39, 0.29) is 11.8 Å². The molecule has 0 atom stereocenters. The molecule has 3 aromatic carbocycles. The highest BCUT2D eigenvalue weighted by Gasteiger charge is 2.26. The second-order valence-electron chi connectivity index (χ2n) is 7.56. The van der Waals surface area contributed by atoms with Gasteiger partial charge in [-0.2, -0.15) is 0 Å². The minimum atomic E-state index is -3.36. The average Bonchev–Trinajstić information content (AvgIpc) is 2.77. The van der Waals surface area contributed by atoms with Gasteiger partial charge in [-0.1, -0.05) is 36.4 Å². The third-order valence-electron chi connectivity index (χ3n) is 5.31. The number of hydrogen-bond acceptors (Lipinski definition) is 4. The van der Waals surface area contributed by atoms with E-state index in [2.05, 4.69) is 4.72 Å². The summed E-state index contributed by atoms with van der Waals surface area (Å²) in [5, 5.41) is 1.95. The Kier molecular flexibility index (Phi) is 5.65. The minimum absolute atomic E-state index is 0.0277. The Morgan fingerprint density at radius 3 is 2.00 bits per heavy atom. The van der Waals surface area contributed by atoms with Gasteiger partial charge < -0.3 is 9.80 Å². The summed E-state index contributed by atoms with van der Waals surface area (Å²) in [5.74, 6) is -0.164. The lowest BCUT2D eigenvalue weighted by atomic mass is 10.0. The van der Waals surface area contributed by atoms with Crippen molar-refractivity contribution in [1.29, 1.82) is 0 Å². The molecule has 1 aliphatic heterocycles. The summed E-state index contributed by atoms with van der Waals surface area (Å²) in [5.41, 5.74) is 1.56. The number of carbonyl (C=O) groups excluding carboxylic acids is 2. The zero-order valence-corrected chi connectivity index (χ0v) is 17.9. The predicted octanol–water partition coefficient (Wildman–Crippen LogP) is 2.81. The molecule has 0 spiro atoms. The number of carbonyl (C=O) groups is 2. The molecule has 7 nitrogen and oxygen atoms in total. The number of fused-ring (bicyclic) bond motifs is 1. The van der Waals surface area contributed by atoms with E-state index in [0.29, 0.717) is 43.0 Å². The number of sulfonamides is 1. The molecule has 0 bridgehead atoms. The molecule has 2 amide bonds. The smallest absolute Gasteiger partial charge is 0.254 e.